The Morgan fingerprint density at radius 2 is 1.87 bits per heavy atom. The van der Waals surface area contributed by atoms with Crippen LogP contribution >= 0.6 is 0 Å². The van der Waals surface area contributed by atoms with Crippen molar-refractivity contribution in [1.29, 1.82) is 0 Å². The largest absolute Gasteiger partial charge is 0.389 e. The Bertz CT molecular complexity index is 1630. The van der Waals surface area contributed by atoms with Gasteiger partial charge in [-0.1, -0.05) is 18.2 Å². The topological polar surface area (TPSA) is 103 Å². The zero-order valence-corrected chi connectivity index (χ0v) is 20.7. The summed E-state index contributed by atoms with van der Waals surface area (Å²) in [5.41, 5.74) is -0.832. The third-order valence-corrected chi connectivity index (χ3v) is 6.51. The second-order valence-corrected chi connectivity index (χ2v) is 9.71. The van der Waals surface area contributed by atoms with Crippen molar-refractivity contribution in [3.05, 3.63) is 65.0 Å². The maximum Gasteiger partial charge on any atom is 0.389 e. The van der Waals surface area contributed by atoms with Crippen LogP contribution in [0.1, 0.15) is 54.7 Å². The number of alkyl halides is 3. The number of carbonyl (C=O) groups is 2. The second-order valence-electron chi connectivity index (χ2n) is 9.71. The quantitative estimate of drug-likeness (QED) is 0.248. The Balaban J connectivity index is 1.64. The van der Waals surface area contributed by atoms with Crippen molar-refractivity contribution in [2.45, 2.75) is 51.2 Å². The lowest BCUT2D eigenvalue weighted by molar-refractivity contribution is -0.135. The summed E-state index contributed by atoms with van der Waals surface area (Å²) in [6.45, 7) is 3.02. The van der Waals surface area contributed by atoms with E-state index in [0.29, 0.717) is 0 Å². The molecule has 1 aliphatic rings. The molecule has 8 nitrogen and oxygen atoms in total. The number of nitrogens with zero attached hydrogens (tertiary/aromatic N) is 5. The van der Waals surface area contributed by atoms with Gasteiger partial charge >= 0.3 is 6.18 Å². The van der Waals surface area contributed by atoms with Crippen LogP contribution in [0.15, 0.2) is 36.5 Å². The summed E-state index contributed by atoms with van der Waals surface area (Å²) in [6.07, 6.45) is -5.56. The van der Waals surface area contributed by atoms with Crippen molar-refractivity contribution < 1.29 is 31.5 Å². The Hall–Kier alpha value is -4.29. The molecule has 0 bridgehead atoms. The summed E-state index contributed by atoms with van der Waals surface area (Å²) < 4.78 is 68.0. The lowest BCUT2D eigenvalue weighted by Crippen LogP contribution is -2.28. The number of fused-ring (bicyclic) bond motifs is 2. The van der Waals surface area contributed by atoms with E-state index in [1.54, 1.807) is 26.0 Å². The highest BCUT2D eigenvalue weighted by atomic mass is 19.4. The summed E-state index contributed by atoms with van der Waals surface area (Å²) in [6, 6.07) is 7.13. The Kier molecular flexibility index (Phi) is 6.39. The van der Waals surface area contributed by atoms with Gasteiger partial charge in [-0.25, -0.2) is 28.4 Å². The van der Waals surface area contributed by atoms with E-state index in [0.717, 1.165) is 12.3 Å². The molecular formula is C26H21F5N6O2. The first-order valence-electron chi connectivity index (χ1n) is 11.9. The van der Waals surface area contributed by atoms with E-state index in [1.807, 2.05) is 0 Å². The molecule has 0 radical (unpaired) electrons. The number of carbonyl (C=O) groups excluding carboxylic acids is 2. The van der Waals surface area contributed by atoms with Gasteiger partial charge in [0.2, 0.25) is 5.91 Å². The van der Waals surface area contributed by atoms with Crippen LogP contribution in [0.4, 0.5) is 27.8 Å². The predicted octanol–water partition coefficient (Wildman–Crippen LogP) is 5.36. The van der Waals surface area contributed by atoms with Gasteiger partial charge in [0.15, 0.2) is 17.3 Å². The molecule has 202 valence electrons. The molecule has 0 aliphatic carbocycles. The van der Waals surface area contributed by atoms with Crippen LogP contribution in [0.25, 0.3) is 22.6 Å². The summed E-state index contributed by atoms with van der Waals surface area (Å²) in [5, 5.41) is 7.18. The number of amides is 1. The third kappa shape index (κ3) is 4.95. The summed E-state index contributed by atoms with van der Waals surface area (Å²) in [5.74, 6) is -2.53. The summed E-state index contributed by atoms with van der Waals surface area (Å²) in [4.78, 5) is 38.6. The maximum atomic E-state index is 14.4. The van der Waals surface area contributed by atoms with E-state index in [9.17, 15) is 31.5 Å². The van der Waals surface area contributed by atoms with Gasteiger partial charge in [-0.15, -0.1) is 0 Å². The van der Waals surface area contributed by atoms with Crippen molar-refractivity contribution >= 4 is 28.5 Å². The van der Waals surface area contributed by atoms with Crippen LogP contribution in [-0.4, -0.2) is 42.6 Å². The fourth-order valence-electron chi connectivity index (χ4n) is 4.49. The summed E-state index contributed by atoms with van der Waals surface area (Å²) >= 11 is 0. The highest BCUT2D eigenvalue weighted by Gasteiger charge is 2.44. The molecule has 4 heterocycles. The number of pyridine rings is 1. The van der Waals surface area contributed by atoms with E-state index < -0.39 is 54.2 Å². The lowest BCUT2D eigenvalue weighted by atomic mass is 9.84. The average Bonchev–Trinajstić information content (AvgIpc) is 3.32. The minimum absolute atomic E-state index is 0.000522. The predicted molar refractivity (Wildman–Crippen MR) is 130 cm³/mol. The third-order valence-electron chi connectivity index (χ3n) is 6.51. The van der Waals surface area contributed by atoms with Crippen molar-refractivity contribution in [2.24, 2.45) is 0 Å². The van der Waals surface area contributed by atoms with Crippen LogP contribution < -0.4 is 5.32 Å². The number of anilines is 1. The van der Waals surface area contributed by atoms with Crippen molar-refractivity contribution in [1.82, 2.24) is 24.7 Å². The monoisotopic (exact) mass is 544 g/mol. The zero-order chi connectivity index (χ0) is 28.1. The first kappa shape index (κ1) is 26.3. The lowest BCUT2D eigenvalue weighted by Gasteiger charge is -2.18. The molecule has 0 saturated carbocycles. The highest BCUT2D eigenvalue weighted by molar-refractivity contribution is 6.09. The molecule has 39 heavy (non-hydrogen) atoms. The SMILES string of the molecule is CC1(C)C(=O)Nc2nc(-c3nn(Cc4ccccc4F)c4ncc(F)cc34)nc(C(=O)CCCC(F)(F)F)c21. The van der Waals surface area contributed by atoms with Gasteiger partial charge in [-0.05, 0) is 32.4 Å². The van der Waals surface area contributed by atoms with E-state index in [2.05, 4.69) is 25.4 Å². The Morgan fingerprint density at radius 1 is 1.13 bits per heavy atom. The van der Waals surface area contributed by atoms with E-state index in [4.69, 9.17) is 0 Å². The molecule has 13 heteroatoms. The fraction of sp³-hybridized carbons (Fsp3) is 0.308. The van der Waals surface area contributed by atoms with Crippen molar-refractivity contribution in [3.8, 4) is 11.5 Å². The zero-order valence-electron chi connectivity index (χ0n) is 20.7. The summed E-state index contributed by atoms with van der Waals surface area (Å²) in [7, 11) is 0. The molecule has 1 aliphatic heterocycles. The number of ketones is 1. The molecule has 0 spiro atoms. The number of hydrogen-bond donors (Lipinski definition) is 1. The number of aromatic nitrogens is 5. The van der Waals surface area contributed by atoms with Crippen LogP contribution in [0.2, 0.25) is 0 Å². The van der Waals surface area contributed by atoms with Gasteiger partial charge in [-0.3, -0.25) is 9.59 Å². The first-order valence-corrected chi connectivity index (χ1v) is 11.9. The van der Waals surface area contributed by atoms with Crippen molar-refractivity contribution in [3.63, 3.8) is 0 Å². The first-order chi connectivity index (χ1) is 18.3. The molecule has 1 amide bonds. The minimum atomic E-state index is -4.43. The molecule has 0 saturated heterocycles. The van der Waals surface area contributed by atoms with E-state index in [-0.39, 0.29) is 51.7 Å². The van der Waals surface area contributed by atoms with E-state index in [1.165, 1.54) is 16.8 Å². The molecule has 1 aromatic carbocycles. The number of halogens is 5. The van der Waals surface area contributed by atoms with Gasteiger partial charge in [0.05, 0.1) is 23.5 Å². The molecule has 0 fully saturated rings. The smallest absolute Gasteiger partial charge is 0.310 e. The van der Waals surface area contributed by atoms with Crippen LogP contribution in [0, 0.1) is 11.6 Å². The van der Waals surface area contributed by atoms with E-state index >= 15 is 0 Å². The second kappa shape index (κ2) is 9.47. The number of rotatable bonds is 7. The molecule has 5 rings (SSSR count). The highest BCUT2D eigenvalue weighted by Crippen LogP contribution is 2.40. The number of benzene rings is 1. The molecule has 0 unspecified atom stereocenters. The van der Waals surface area contributed by atoms with Gasteiger partial charge < -0.3 is 5.32 Å². The van der Waals surface area contributed by atoms with Gasteiger partial charge in [-0.2, -0.15) is 18.3 Å². The Morgan fingerprint density at radius 3 is 2.59 bits per heavy atom. The molecule has 0 atom stereocenters. The normalized spacial score (nSPS) is 14.5. The molecule has 1 N–H and O–H groups in total. The van der Waals surface area contributed by atoms with Gasteiger partial charge in [0.1, 0.15) is 28.8 Å². The van der Waals surface area contributed by atoms with Crippen LogP contribution in [0.5, 0.6) is 0 Å². The maximum absolute atomic E-state index is 14.4. The number of nitrogens with one attached hydrogen (secondary N) is 1. The number of hydrogen-bond acceptors (Lipinski definition) is 6. The molecule has 4 aromatic rings. The molecule has 3 aromatic heterocycles. The Labute approximate surface area is 218 Å². The standard InChI is InChI=1S/C26H21F5N6O2/c1-25(2)18-20(17(38)8-5-9-26(29,30)31)33-22(34-21(18)35-24(25)39)19-15-10-14(27)11-32-23(15)37(36-19)12-13-6-3-4-7-16(13)28/h3-4,6-7,10-11H,5,8-9,12H2,1-2H3,(H,33,34,35,39). The number of Topliss-reactive ketones (excluding diaryl/α,β-unsaturated/α-hetero) is 1. The minimum Gasteiger partial charge on any atom is -0.310 e. The average molecular weight is 544 g/mol. The van der Waals surface area contributed by atoms with Crippen molar-refractivity contribution in [2.75, 3.05) is 5.32 Å². The fourth-order valence-corrected chi connectivity index (χ4v) is 4.49. The van der Waals surface area contributed by atoms with Gasteiger partial charge in [0, 0.05) is 24.0 Å². The van der Waals surface area contributed by atoms with Crippen LogP contribution in [0.3, 0.4) is 0 Å². The van der Waals surface area contributed by atoms with Crippen LogP contribution in [-0.2, 0) is 16.8 Å². The molecular weight excluding hydrogens is 523 g/mol. The van der Waals surface area contributed by atoms with Gasteiger partial charge in [0.25, 0.3) is 0 Å².